The molecule has 6 atom stereocenters. The molecule has 1 heteroatoms. The van der Waals surface area contributed by atoms with E-state index in [2.05, 4.69) is 5.32 Å². The minimum absolute atomic E-state index is 0.902. The molecule has 18 heavy (non-hydrogen) atoms. The van der Waals surface area contributed by atoms with Crippen LogP contribution in [0.2, 0.25) is 0 Å². The minimum atomic E-state index is 0.902. The second-order valence-corrected chi connectivity index (χ2v) is 8.14. The normalized spacial score (nSPS) is 57.7. The van der Waals surface area contributed by atoms with Gasteiger partial charge in [0.05, 0.1) is 0 Å². The van der Waals surface area contributed by atoms with E-state index in [4.69, 9.17) is 0 Å². The maximum Gasteiger partial charge on any atom is 0.0138 e. The molecule has 5 rings (SSSR count). The molecule has 0 saturated heterocycles. The number of hydrogen-bond acceptors (Lipinski definition) is 1. The van der Waals surface area contributed by atoms with Gasteiger partial charge >= 0.3 is 0 Å². The molecular formula is C17H27N. The summed E-state index contributed by atoms with van der Waals surface area (Å²) in [5.74, 6) is 6.78. The topological polar surface area (TPSA) is 12.0 Å². The predicted octanol–water partition coefficient (Wildman–Crippen LogP) is 3.59. The third kappa shape index (κ3) is 1.55. The smallest absolute Gasteiger partial charge is 0.0138 e. The Morgan fingerprint density at radius 1 is 0.611 bits per heavy atom. The van der Waals surface area contributed by atoms with Gasteiger partial charge in [-0.15, -0.1) is 0 Å². The first-order chi connectivity index (χ1) is 8.90. The van der Waals surface area contributed by atoms with Crippen LogP contribution in [-0.4, -0.2) is 12.1 Å². The van der Waals surface area contributed by atoms with Gasteiger partial charge in [0.25, 0.3) is 0 Å². The van der Waals surface area contributed by atoms with Crippen molar-refractivity contribution in [2.24, 2.45) is 35.5 Å². The Balaban J connectivity index is 1.21. The molecule has 1 N–H and O–H groups in total. The van der Waals surface area contributed by atoms with E-state index < -0.39 is 0 Å². The zero-order chi connectivity index (χ0) is 11.7. The second kappa shape index (κ2) is 3.75. The number of fused-ring (bicyclic) bond motifs is 5. The van der Waals surface area contributed by atoms with Gasteiger partial charge in [-0.2, -0.15) is 0 Å². The van der Waals surface area contributed by atoms with Crippen molar-refractivity contribution in [3.8, 4) is 0 Å². The van der Waals surface area contributed by atoms with Crippen LogP contribution in [0, 0.1) is 35.5 Å². The van der Waals surface area contributed by atoms with Gasteiger partial charge in [-0.3, -0.25) is 0 Å². The maximum absolute atomic E-state index is 4.11. The highest BCUT2D eigenvalue weighted by molar-refractivity contribution is 5.17. The van der Waals surface area contributed by atoms with Crippen LogP contribution >= 0.6 is 0 Å². The van der Waals surface area contributed by atoms with Crippen molar-refractivity contribution in [1.29, 1.82) is 0 Å². The van der Waals surface area contributed by atoms with Crippen molar-refractivity contribution in [3.63, 3.8) is 0 Å². The van der Waals surface area contributed by atoms with E-state index in [9.17, 15) is 0 Å². The molecule has 0 amide bonds. The maximum atomic E-state index is 4.11. The zero-order valence-electron chi connectivity index (χ0n) is 11.5. The Morgan fingerprint density at radius 3 is 2.06 bits per heavy atom. The van der Waals surface area contributed by atoms with Gasteiger partial charge in [0.1, 0.15) is 0 Å². The van der Waals surface area contributed by atoms with Gasteiger partial charge in [0.15, 0.2) is 0 Å². The Hall–Kier alpha value is -0.0400. The predicted molar refractivity (Wildman–Crippen MR) is 73.2 cm³/mol. The van der Waals surface area contributed by atoms with Crippen molar-refractivity contribution >= 4 is 0 Å². The summed E-state index contributed by atoms with van der Waals surface area (Å²) in [6.07, 6.45) is 13.9. The summed E-state index contributed by atoms with van der Waals surface area (Å²) in [6, 6.07) is 1.87. The molecule has 100 valence electrons. The fourth-order valence-corrected chi connectivity index (χ4v) is 6.20. The Kier molecular flexibility index (Phi) is 2.23. The van der Waals surface area contributed by atoms with E-state index in [1.54, 1.807) is 38.5 Å². The summed E-state index contributed by atoms with van der Waals surface area (Å²) in [5, 5.41) is 4.11. The lowest BCUT2D eigenvalue weighted by Crippen LogP contribution is -2.38. The lowest BCUT2D eigenvalue weighted by atomic mass is 9.82. The SMILES string of the molecule is C1CC(NC2C3C4CCC(C4)C23)CC(C2CC2)C1. The van der Waals surface area contributed by atoms with Crippen molar-refractivity contribution in [1.82, 2.24) is 5.32 Å². The van der Waals surface area contributed by atoms with Gasteiger partial charge in [-0.25, -0.2) is 0 Å². The third-order valence-corrected chi connectivity index (χ3v) is 7.17. The van der Waals surface area contributed by atoms with Crippen LogP contribution in [0.25, 0.3) is 0 Å². The average molecular weight is 245 g/mol. The number of nitrogens with one attached hydrogen (secondary N) is 1. The lowest BCUT2D eigenvalue weighted by Gasteiger charge is -2.31. The number of rotatable bonds is 3. The first-order valence-electron chi connectivity index (χ1n) is 8.66. The molecule has 0 aromatic heterocycles. The molecule has 0 aromatic carbocycles. The van der Waals surface area contributed by atoms with E-state index >= 15 is 0 Å². The molecule has 0 aliphatic heterocycles. The van der Waals surface area contributed by atoms with E-state index in [1.807, 2.05) is 0 Å². The molecule has 5 saturated carbocycles. The van der Waals surface area contributed by atoms with Crippen LogP contribution in [0.5, 0.6) is 0 Å². The molecule has 5 fully saturated rings. The monoisotopic (exact) mass is 245 g/mol. The van der Waals surface area contributed by atoms with E-state index in [0.717, 1.165) is 47.6 Å². The Labute approximate surface area is 111 Å². The van der Waals surface area contributed by atoms with Crippen LogP contribution < -0.4 is 5.32 Å². The molecule has 2 bridgehead atoms. The highest BCUT2D eigenvalue weighted by Gasteiger charge is 2.65. The van der Waals surface area contributed by atoms with Crippen molar-refractivity contribution in [2.75, 3.05) is 0 Å². The summed E-state index contributed by atoms with van der Waals surface area (Å²) in [6.45, 7) is 0. The molecule has 0 aromatic rings. The van der Waals surface area contributed by atoms with Crippen LogP contribution in [0.4, 0.5) is 0 Å². The average Bonchev–Trinajstić information content (AvgIpc) is 3.29. The standard InChI is InChI=1S/C17H27N/c1-2-11(10-4-5-10)9-14(3-1)18-17-15-12-6-7-13(8-12)16(15)17/h10-18H,1-9H2. The van der Waals surface area contributed by atoms with Crippen LogP contribution in [0.3, 0.4) is 0 Å². The van der Waals surface area contributed by atoms with Crippen LogP contribution in [0.1, 0.15) is 57.8 Å². The summed E-state index contributed by atoms with van der Waals surface area (Å²) < 4.78 is 0. The first-order valence-corrected chi connectivity index (χ1v) is 8.66. The highest BCUT2D eigenvalue weighted by atomic mass is 15.0. The second-order valence-electron chi connectivity index (χ2n) is 8.14. The van der Waals surface area contributed by atoms with E-state index in [1.165, 1.54) is 19.3 Å². The fraction of sp³-hybridized carbons (Fsp3) is 1.00. The van der Waals surface area contributed by atoms with E-state index in [0.29, 0.717) is 0 Å². The summed E-state index contributed by atoms with van der Waals surface area (Å²) in [5.41, 5.74) is 0. The molecule has 0 heterocycles. The van der Waals surface area contributed by atoms with Gasteiger partial charge in [0.2, 0.25) is 0 Å². The molecule has 0 spiro atoms. The fourth-order valence-electron chi connectivity index (χ4n) is 6.20. The largest absolute Gasteiger partial charge is 0.311 e. The summed E-state index contributed by atoms with van der Waals surface area (Å²) in [7, 11) is 0. The molecular weight excluding hydrogens is 218 g/mol. The van der Waals surface area contributed by atoms with Crippen molar-refractivity contribution < 1.29 is 0 Å². The Bertz CT molecular complexity index is 332. The third-order valence-electron chi connectivity index (χ3n) is 7.17. The molecule has 1 nitrogen and oxygen atoms in total. The van der Waals surface area contributed by atoms with E-state index in [-0.39, 0.29) is 0 Å². The van der Waals surface area contributed by atoms with Crippen LogP contribution in [-0.2, 0) is 0 Å². The van der Waals surface area contributed by atoms with Gasteiger partial charge in [-0.05, 0) is 80.5 Å². The van der Waals surface area contributed by atoms with Gasteiger partial charge in [-0.1, -0.05) is 12.8 Å². The summed E-state index contributed by atoms with van der Waals surface area (Å²) in [4.78, 5) is 0. The van der Waals surface area contributed by atoms with Gasteiger partial charge < -0.3 is 5.32 Å². The first kappa shape index (κ1) is 10.7. The summed E-state index contributed by atoms with van der Waals surface area (Å²) >= 11 is 0. The Morgan fingerprint density at radius 2 is 1.33 bits per heavy atom. The van der Waals surface area contributed by atoms with Crippen molar-refractivity contribution in [3.05, 3.63) is 0 Å². The van der Waals surface area contributed by atoms with Gasteiger partial charge in [0, 0.05) is 12.1 Å². The van der Waals surface area contributed by atoms with Crippen molar-refractivity contribution in [2.45, 2.75) is 69.9 Å². The van der Waals surface area contributed by atoms with Crippen LogP contribution in [0.15, 0.2) is 0 Å². The quantitative estimate of drug-likeness (QED) is 0.801. The minimum Gasteiger partial charge on any atom is -0.311 e. The zero-order valence-corrected chi connectivity index (χ0v) is 11.5. The lowest BCUT2D eigenvalue weighted by molar-refractivity contribution is 0.251. The number of hydrogen-bond donors (Lipinski definition) is 1. The molecule has 6 unspecified atom stereocenters. The molecule has 0 radical (unpaired) electrons. The molecule has 5 aliphatic rings. The molecule has 5 aliphatic carbocycles. The highest BCUT2D eigenvalue weighted by Crippen LogP contribution is 2.65.